The third-order valence-electron chi connectivity index (χ3n) is 4.92. The highest BCUT2D eigenvalue weighted by atomic mass is 16.6. The molecular formula is C26H23N3O4. The largest absolute Gasteiger partial charge is 0.479 e. The van der Waals surface area contributed by atoms with Gasteiger partial charge in [0.2, 0.25) is 0 Å². The number of benzene rings is 3. The summed E-state index contributed by atoms with van der Waals surface area (Å²) in [5, 5.41) is 4.94. The Balaban J connectivity index is 1.65. The molecule has 1 atom stereocenters. The smallest absolute Gasteiger partial charge is 0.347 e. The van der Waals surface area contributed by atoms with E-state index in [0.717, 1.165) is 11.1 Å². The van der Waals surface area contributed by atoms with E-state index in [-0.39, 0.29) is 5.56 Å². The van der Waals surface area contributed by atoms with Gasteiger partial charge in [-0.2, -0.15) is 9.78 Å². The lowest BCUT2D eigenvalue weighted by molar-refractivity contribution is -0.150. The van der Waals surface area contributed by atoms with Crippen LogP contribution >= 0.6 is 0 Å². The van der Waals surface area contributed by atoms with Crippen LogP contribution < -0.4 is 10.3 Å². The van der Waals surface area contributed by atoms with Gasteiger partial charge in [-0.1, -0.05) is 42.5 Å². The van der Waals surface area contributed by atoms with Gasteiger partial charge in [-0.15, -0.1) is 0 Å². The van der Waals surface area contributed by atoms with Gasteiger partial charge >= 0.3 is 5.97 Å². The minimum atomic E-state index is -0.708. The van der Waals surface area contributed by atoms with Crippen LogP contribution in [0.25, 0.3) is 22.3 Å². The molecule has 0 aliphatic rings. The van der Waals surface area contributed by atoms with Gasteiger partial charge in [0.05, 0.1) is 23.7 Å². The van der Waals surface area contributed by atoms with E-state index in [1.54, 1.807) is 56.5 Å². The van der Waals surface area contributed by atoms with E-state index >= 15 is 0 Å². The minimum absolute atomic E-state index is 0.251. The first-order valence-electron chi connectivity index (χ1n) is 10.6. The predicted molar refractivity (Wildman–Crippen MR) is 128 cm³/mol. The summed E-state index contributed by atoms with van der Waals surface area (Å²) in [6.07, 6.45) is 0.878. The summed E-state index contributed by atoms with van der Waals surface area (Å²) >= 11 is 0. The van der Waals surface area contributed by atoms with Crippen LogP contribution in [0.4, 0.5) is 0 Å². The first kappa shape index (κ1) is 22.0. The van der Waals surface area contributed by atoms with Gasteiger partial charge in [-0.25, -0.2) is 9.78 Å². The molecule has 0 saturated heterocycles. The maximum atomic E-state index is 13.2. The van der Waals surface area contributed by atoms with E-state index in [0.29, 0.717) is 29.1 Å². The molecule has 7 heteroatoms. The molecule has 1 heterocycles. The van der Waals surface area contributed by atoms with E-state index in [2.05, 4.69) is 10.1 Å². The van der Waals surface area contributed by atoms with E-state index < -0.39 is 12.1 Å². The SMILES string of the molecule is CCOC(=O)[C@@H](C)Oc1ccc(C=Nn2c(-c3ccccc3)nc3ccccc3c2=O)cc1. The van der Waals surface area contributed by atoms with E-state index in [1.165, 1.54) is 4.68 Å². The second kappa shape index (κ2) is 9.91. The van der Waals surface area contributed by atoms with Crippen LogP contribution in [0.2, 0.25) is 0 Å². The van der Waals surface area contributed by atoms with Crippen molar-refractivity contribution in [3.63, 3.8) is 0 Å². The second-order valence-electron chi connectivity index (χ2n) is 7.26. The quantitative estimate of drug-likeness (QED) is 0.316. The number of fused-ring (bicyclic) bond motifs is 1. The molecular weight excluding hydrogens is 418 g/mol. The molecule has 0 saturated carbocycles. The zero-order valence-corrected chi connectivity index (χ0v) is 18.3. The Morgan fingerprint density at radius 1 is 1.03 bits per heavy atom. The highest BCUT2D eigenvalue weighted by Crippen LogP contribution is 2.19. The first-order valence-corrected chi connectivity index (χ1v) is 10.6. The van der Waals surface area contributed by atoms with Gasteiger partial charge in [0.15, 0.2) is 11.9 Å². The van der Waals surface area contributed by atoms with Gasteiger partial charge in [0.1, 0.15) is 5.75 Å². The molecule has 0 unspecified atom stereocenters. The molecule has 0 amide bonds. The number of ether oxygens (including phenoxy) is 2. The number of carbonyl (C=O) groups excluding carboxylic acids is 1. The molecule has 0 spiro atoms. The number of para-hydroxylation sites is 1. The summed E-state index contributed by atoms with van der Waals surface area (Å²) in [5.74, 6) is 0.570. The number of hydrogen-bond donors (Lipinski definition) is 0. The Kier molecular flexibility index (Phi) is 6.59. The number of nitrogens with zero attached hydrogens (tertiary/aromatic N) is 3. The van der Waals surface area contributed by atoms with Gasteiger partial charge in [0, 0.05) is 5.56 Å². The van der Waals surface area contributed by atoms with Crippen LogP contribution in [-0.4, -0.2) is 34.6 Å². The van der Waals surface area contributed by atoms with Crippen molar-refractivity contribution in [2.75, 3.05) is 6.61 Å². The highest BCUT2D eigenvalue weighted by molar-refractivity contribution is 5.82. The summed E-state index contributed by atoms with van der Waals surface area (Å²) < 4.78 is 11.9. The molecule has 4 aromatic rings. The Morgan fingerprint density at radius 2 is 1.73 bits per heavy atom. The third kappa shape index (κ3) is 4.98. The van der Waals surface area contributed by atoms with E-state index in [4.69, 9.17) is 9.47 Å². The second-order valence-corrected chi connectivity index (χ2v) is 7.26. The van der Waals surface area contributed by atoms with Gasteiger partial charge in [0.25, 0.3) is 5.56 Å². The summed E-state index contributed by atoms with van der Waals surface area (Å²) in [6, 6.07) is 23.7. The Bertz CT molecular complexity index is 1350. The Labute approximate surface area is 190 Å². The average Bonchev–Trinajstić information content (AvgIpc) is 2.85. The summed E-state index contributed by atoms with van der Waals surface area (Å²) in [7, 11) is 0. The molecule has 0 bridgehead atoms. The minimum Gasteiger partial charge on any atom is -0.479 e. The van der Waals surface area contributed by atoms with Crippen molar-refractivity contribution in [3.05, 3.63) is 94.8 Å². The monoisotopic (exact) mass is 441 g/mol. The van der Waals surface area contributed by atoms with Crippen molar-refractivity contribution >= 4 is 23.1 Å². The molecule has 0 fully saturated rings. The Hall–Kier alpha value is -4.26. The summed E-state index contributed by atoms with van der Waals surface area (Å²) in [5.41, 5.74) is 1.91. The molecule has 0 aliphatic carbocycles. The molecule has 0 N–H and O–H groups in total. The average molecular weight is 441 g/mol. The lowest BCUT2D eigenvalue weighted by Crippen LogP contribution is -2.26. The molecule has 4 rings (SSSR count). The molecule has 0 radical (unpaired) electrons. The van der Waals surface area contributed by atoms with Gasteiger partial charge in [-0.3, -0.25) is 4.79 Å². The highest BCUT2D eigenvalue weighted by Gasteiger charge is 2.15. The third-order valence-corrected chi connectivity index (χ3v) is 4.92. The zero-order valence-electron chi connectivity index (χ0n) is 18.3. The predicted octanol–water partition coefficient (Wildman–Crippen LogP) is 4.28. The van der Waals surface area contributed by atoms with Crippen molar-refractivity contribution in [2.24, 2.45) is 5.10 Å². The van der Waals surface area contributed by atoms with Crippen molar-refractivity contribution in [2.45, 2.75) is 20.0 Å². The van der Waals surface area contributed by atoms with Crippen LogP contribution in [0.3, 0.4) is 0 Å². The normalized spacial score (nSPS) is 12.1. The summed E-state index contributed by atoms with van der Waals surface area (Å²) in [4.78, 5) is 29.6. The van der Waals surface area contributed by atoms with Crippen molar-refractivity contribution in [3.8, 4) is 17.1 Å². The molecule has 1 aromatic heterocycles. The lowest BCUT2D eigenvalue weighted by atomic mass is 10.2. The van der Waals surface area contributed by atoms with Crippen LogP contribution in [0, 0.1) is 0 Å². The number of aromatic nitrogens is 2. The maximum Gasteiger partial charge on any atom is 0.347 e. The number of carbonyl (C=O) groups is 1. The molecule has 33 heavy (non-hydrogen) atoms. The number of rotatable bonds is 7. The maximum absolute atomic E-state index is 13.2. The van der Waals surface area contributed by atoms with E-state index in [1.807, 2.05) is 42.5 Å². The zero-order chi connectivity index (χ0) is 23.2. The number of esters is 1. The van der Waals surface area contributed by atoms with Crippen molar-refractivity contribution in [1.82, 2.24) is 9.66 Å². The fourth-order valence-corrected chi connectivity index (χ4v) is 3.27. The topological polar surface area (TPSA) is 82.8 Å². The standard InChI is InChI=1S/C26H23N3O4/c1-3-32-26(31)18(2)33-21-15-13-19(14-16-21)17-27-29-24(20-9-5-4-6-10-20)28-23-12-8-7-11-22(23)25(29)30/h4-18H,3H2,1-2H3/t18-/m1/s1. The molecule has 0 aliphatic heterocycles. The van der Waals surface area contributed by atoms with Crippen molar-refractivity contribution < 1.29 is 14.3 Å². The van der Waals surface area contributed by atoms with E-state index in [9.17, 15) is 9.59 Å². The lowest BCUT2D eigenvalue weighted by Gasteiger charge is -2.13. The first-order chi connectivity index (χ1) is 16.1. The number of hydrogen-bond acceptors (Lipinski definition) is 6. The fraction of sp³-hybridized carbons (Fsp3) is 0.154. The van der Waals surface area contributed by atoms with Crippen LogP contribution in [0.15, 0.2) is 88.8 Å². The van der Waals surface area contributed by atoms with Gasteiger partial charge in [-0.05, 0) is 55.8 Å². The van der Waals surface area contributed by atoms with Crippen molar-refractivity contribution in [1.29, 1.82) is 0 Å². The summed E-state index contributed by atoms with van der Waals surface area (Å²) in [6.45, 7) is 3.69. The Morgan fingerprint density at radius 3 is 2.45 bits per heavy atom. The van der Waals surface area contributed by atoms with Crippen LogP contribution in [-0.2, 0) is 9.53 Å². The fourth-order valence-electron chi connectivity index (χ4n) is 3.27. The molecule has 166 valence electrons. The van der Waals surface area contributed by atoms with Crippen LogP contribution in [0.1, 0.15) is 19.4 Å². The van der Waals surface area contributed by atoms with Gasteiger partial charge < -0.3 is 9.47 Å². The molecule has 3 aromatic carbocycles. The molecule has 7 nitrogen and oxygen atoms in total. The van der Waals surface area contributed by atoms with Crippen LogP contribution in [0.5, 0.6) is 5.75 Å².